The third-order valence-corrected chi connectivity index (χ3v) is 2.85. The standard InChI is InChI=1S/C14H20N2O4/c1-3-16(11-7-5-4-6-8-11)14(19)15-10-12(20-2)9-13(17)18/h4-8,12H,3,9-10H2,1-2H3,(H,15,19)(H,17,18). The average molecular weight is 280 g/mol. The first-order chi connectivity index (χ1) is 9.58. The lowest BCUT2D eigenvalue weighted by Crippen LogP contribution is -2.43. The number of benzene rings is 1. The monoisotopic (exact) mass is 280 g/mol. The molecule has 0 aliphatic heterocycles. The molecule has 1 atom stereocenters. The molecule has 0 heterocycles. The van der Waals surface area contributed by atoms with Crippen LogP contribution in [0, 0.1) is 0 Å². The fraction of sp³-hybridized carbons (Fsp3) is 0.429. The van der Waals surface area contributed by atoms with Gasteiger partial charge in [0, 0.05) is 25.9 Å². The maximum Gasteiger partial charge on any atom is 0.321 e. The fourth-order valence-electron chi connectivity index (χ4n) is 1.78. The number of nitrogens with one attached hydrogen (secondary N) is 1. The van der Waals surface area contributed by atoms with Gasteiger partial charge in [-0.05, 0) is 19.1 Å². The number of para-hydroxylation sites is 1. The lowest BCUT2D eigenvalue weighted by molar-refractivity contribution is -0.139. The van der Waals surface area contributed by atoms with E-state index < -0.39 is 12.1 Å². The molecule has 0 aliphatic rings. The number of amides is 2. The second kappa shape index (κ2) is 8.16. The molecular weight excluding hydrogens is 260 g/mol. The van der Waals surface area contributed by atoms with Crippen LogP contribution in [-0.4, -0.2) is 43.4 Å². The van der Waals surface area contributed by atoms with Crippen LogP contribution < -0.4 is 10.2 Å². The number of urea groups is 1. The first kappa shape index (κ1) is 16.0. The van der Waals surface area contributed by atoms with Crippen molar-refractivity contribution in [2.75, 3.05) is 25.1 Å². The van der Waals surface area contributed by atoms with Crippen LogP contribution in [0.15, 0.2) is 30.3 Å². The van der Waals surface area contributed by atoms with Gasteiger partial charge in [-0.2, -0.15) is 0 Å². The van der Waals surface area contributed by atoms with Crippen molar-refractivity contribution in [3.05, 3.63) is 30.3 Å². The molecule has 0 saturated carbocycles. The number of carboxylic acids is 1. The first-order valence-corrected chi connectivity index (χ1v) is 6.43. The van der Waals surface area contributed by atoms with E-state index in [4.69, 9.17) is 9.84 Å². The molecule has 20 heavy (non-hydrogen) atoms. The number of anilines is 1. The molecule has 6 nitrogen and oxygen atoms in total. The Morgan fingerprint density at radius 3 is 2.50 bits per heavy atom. The normalized spacial score (nSPS) is 11.7. The van der Waals surface area contributed by atoms with Crippen molar-refractivity contribution in [2.24, 2.45) is 0 Å². The summed E-state index contributed by atoms with van der Waals surface area (Å²) in [5.74, 6) is -0.957. The van der Waals surface area contributed by atoms with E-state index in [9.17, 15) is 9.59 Å². The van der Waals surface area contributed by atoms with Gasteiger partial charge in [0.15, 0.2) is 0 Å². The number of aliphatic carboxylic acids is 1. The smallest absolute Gasteiger partial charge is 0.321 e. The molecular formula is C14H20N2O4. The van der Waals surface area contributed by atoms with Gasteiger partial charge < -0.3 is 15.2 Å². The van der Waals surface area contributed by atoms with Crippen molar-refractivity contribution in [3.8, 4) is 0 Å². The number of nitrogens with zero attached hydrogens (tertiary/aromatic N) is 1. The molecule has 2 N–H and O–H groups in total. The fourth-order valence-corrected chi connectivity index (χ4v) is 1.78. The zero-order valence-corrected chi connectivity index (χ0v) is 11.7. The maximum atomic E-state index is 12.1. The Balaban J connectivity index is 2.58. The molecule has 1 rings (SSSR count). The van der Waals surface area contributed by atoms with Crippen molar-refractivity contribution < 1.29 is 19.4 Å². The molecule has 1 unspecified atom stereocenters. The van der Waals surface area contributed by atoms with E-state index in [1.165, 1.54) is 7.11 Å². The van der Waals surface area contributed by atoms with Gasteiger partial charge in [0.2, 0.25) is 0 Å². The van der Waals surface area contributed by atoms with E-state index in [0.29, 0.717) is 6.54 Å². The second-order valence-corrected chi connectivity index (χ2v) is 4.22. The summed E-state index contributed by atoms with van der Waals surface area (Å²) in [6.45, 7) is 2.55. The highest BCUT2D eigenvalue weighted by Gasteiger charge is 2.17. The van der Waals surface area contributed by atoms with Crippen molar-refractivity contribution in [1.82, 2.24) is 5.32 Å². The summed E-state index contributed by atoms with van der Waals surface area (Å²) < 4.78 is 5.02. The number of methoxy groups -OCH3 is 1. The molecule has 0 aromatic heterocycles. The third kappa shape index (κ3) is 4.89. The van der Waals surface area contributed by atoms with E-state index in [2.05, 4.69) is 5.32 Å². The highest BCUT2D eigenvalue weighted by Crippen LogP contribution is 2.12. The van der Waals surface area contributed by atoms with Crippen molar-refractivity contribution in [1.29, 1.82) is 0 Å². The van der Waals surface area contributed by atoms with Crippen LogP contribution in [0.25, 0.3) is 0 Å². The van der Waals surface area contributed by atoms with E-state index in [1.807, 2.05) is 37.3 Å². The average Bonchev–Trinajstić information content (AvgIpc) is 2.45. The zero-order chi connectivity index (χ0) is 15.0. The van der Waals surface area contributed by atoms with Crippen LogP contribution in [0.5, 0.6) is 0 Å². The highest BCUT2D eigenvalue weighted by atomic mass is 16.5. The topological polar surface area (TPSA) is 78.9 Å². The quantitative estimate of drug-likeness (QED) is 0.797. The SMILES string of the molecule is CCN(C(=O)NCC(CC(=O)O)OC)c1ccccc1. The van der Waals surface area contributed by atoms with Gasteiger partial charge in [-0.25, -0.2) is 4.79 Å². The minimum Gasteiger partial charge on any atom is -0.481 e. The molecule has 0 saturated heterocycles. The Morgan fingerprint density at radius 2 is 2.00 bits per heavy atom. The van der Waals surface area contributed by atoms with Crippen LogP contribution in [-0.2, 0) is 9.53 Å². The van der Waals surface area contributed by atoms with Gasteiger partial charge in [-0.15, -0.1) is 0 Å². The first-order valence-electron chi connectivity index (χ1n) is 6.43. The lowest BCUT2D eigenvalue weighted by Gasteiger charge is -2.23. The summed E-state index contributed by atoms with van der Waals surface area (Å²) in [5, 5.41) is 11.4. The van der Waals surface area contributed by atoms with E-state index in [0.717, 1.165) is 5.69 Å². The van der Waals surface area contributed by atoms with Gasteiger partial charge in [0.25, 0.3) is 0 Å². The Morgan fingerprint density at radius 1 is 1.35 bits per heavy atom. The van der Waals surface area contributed by atoms with Crippen molar-refractivity contribution in [3.63, 3.8) is 0 Å². The predicted molar refractivity (Wildman–Crippen MR) is 75.9 cm³/mol. The molecule has 6 heteroatoms. The summed E-state index contributed by atoms with van der Waals surface area (Å²) in [5.41, 5.74) is 0.791. The predicted octanol–water partition coefficient (Wildman–Crippen LogP) is 1.71. The van der Waals surface area contributed by atoms with E-state index >= 15 is 0 Å². The molecule has 1 aromatic rings. The summed E-state index contributed by atoms with van der Waals surface area (Å²) >= 11 is 0. The molecule has 0 bridgehead atoms. The minimum atomic E-state index is -0.957. The van der Waals surface area contributed by atoms with Crippen LogP contribution in [0.1, 0.15) is 13.3 Å². The summed E-state index contributed by atoms with van der Waals surface area (Å²) in [4.78, 5) is 24.3. The Kier molecular flexibility index (Phi) is 6.52. The van der Waals surface area contributed by atoms with Gasteiger partial charge in [0.1, 0.15) is 0 Å². The van der Waals surface area contributed by atoms with Crippen molar-refractivity contribution >= 4 is 17.7 Å². The molecule has 0 aliphatic carbocycles. The van der Waals surface area contributed by atoms with Crippen LogP contribution in [0.4, 0.5) is 10.5 Å². The highest BCUT2D eigenvalue weighted by molar-refractivity contribution is 5.91. The summed E-state index contributed by atoms with van der Waals surface area (Å²) in [6, 6.07) is 9.00. The van der Waals surface area contributed by atoms with E-state index in [1.54, 1.807) is 4.90 Å². The lowest BCUT2D eigenvalue weighted by atomic mass is 10.2. The molecule has 0 radical (unpaired) electrons. The molecule has 110 valence electrons. The number of hydrogen-bond donors (Lipinski definition) is 2. The van der Waals surface area contributed by atoms with Crippen molar-refractivity contribution in [2.45, 2.75) is 19.4 Å². The number of ether oxygens (including phenoxy) is 1. The number of hydrogen-bond acceptors (Lipinski definition) is 3. The summed E-state index contributed by atoms with van der Waals surface area (Å²) in [6.07, 6.45) is -0.681. The second-order valence-electron chi connectivity index (χ2n) is 4.22. The Bertz CT molecular complexity index is 436. The molecule has 2 amide bonds. The maximum absolute atomic E-state index is 12.1. The van der Waals surface area contributed by atoms with Crippen LogP contribution in [0.3, 0.4) is 0 Å². The minimum absolute atomic E-state index is 0.145. The molecule has 0 fully saturated rings. The van der Waals surface area contributed by atoms with Crippen LogP contribution >= 0.6 is 0 Å². The Hall–Kier alpha value is -2.08. The number of carboxylic acid groups (broad SMARTS) is 1. The largest absolute Gasteiger partial charge is 0.481 e. The third-order valence-electron chi connectivity index (χ3n) is 2.85. The van der Waals surface area contributed by atoms with Crippen LogP contribution in [0.2, 0.25) is 0 Å². The zero-order valence-electron chi connectivity index (χ0n) is 11.7. The number of carbonyl (C=O) groups excluding carboxylic acids is 1. The molecule has 0 spiro atoms. The van der Waals surface area contributed by atoms with Gasteiger partial charge in [0.05, 0.1) is 12.5 Å². The molecule has 1 aromatic carbocycles. The number of rotatable bonds is 7. The van der Waals surface area contributed by atoms with Gasteiger partial charge >= 0.3 is 12.0 Å². The summed E-state index contributed by atoms with van der Waals surface area (Å²) in [7, 11) is 1.43. The van der Waals surface area contributed by atoms with Gasteiger partial charge in [-0.1, -0.05) is 18.2 Å². The Labute approximate surface area is 118 Å². The van der Waals surface area contributed by atoms with E-state index in [-0.39, 0.29) is 19.0 Å². The van der Waals surface area contributed by atoms with Gasteiger partial charge in [-0.3, -0.25) is 9.69 Å². The number of carbonyl (C=O) groups is 2.